The summed E-state index contributed by atoms with van der Waals surface area (Å²) in [6.07, 6.45) is 3.79. The fourth-order valence-corrected chi connectivity index (χ4v) is 2.12. The standard InChI is InChI=1S/C13H20N2/c1-11-5-2-3-7-13(11)15-12-6-4-9-14-10-8-12/h2-3,5,7,12,14-15H,4,6,8-10H2,1H3. The van der Waals surface area contributed by atoms with Gasteiger partial charge in [-0.1, -0.05) is 18.2 Å². The van der Waals surface area contributed by atoms with Crippen molar-refractivity contribution in [2.75, 3.05) is 18.4 Å². The lowest BCUT2D eigenvalue weighted by Gasteiger charge is -2.18. The SMILES string of the molecule is Cc1ccccc1NC1CCCNCC1. The van der Waals surface area contributed by atoms with Crippen LogP contribution in [0.3, 0.4) is 0 Å². The fraction of sp³-hybridized carbons (Fsp3) is 0.538. The van der Waals surface area contributed by atoms with E-state index in [2.05, 4.69) is 41.8 Å². The maximum absolute atomic E-state index is 3.65. The predicted octanol–water partition coefficient (Wildman–Crippen LogP) is 2.55. The van der Waals surface area contributed by atoms with E-state index in [-0.39, 0.29) is 0 Å². The summed E-state index contributed by atoms with van der Waals surface area (Å²) < 4.78 is 0. The van der Waals surface area contributed by atoms with Crippen LogP contribution in [-0.4, -0.2) is 19.1 Å². The molecule has 0 amide bonds. The van der Waals surface area contributed by atoms with Gasteiger partial charge >= 0.3 is 0 Å². The summed E-state index contributed by atoms with van der Waals surface area (Å²) in [5, 5.41) is 7.09. The van der Waals surface area contributed by atoms with Crippen molar-refractivity contribution in [2.45, 2.75) is 32.2 Å². The van der Waals surface area contributed by atoms with Crippen LogP contribution < -0.4 is 10.6 Å². The van der Waals surface area contributed by atoms with Crippen molar-refractivity contribution in [1.82, 2.24) is 5.32 Å². The summed E-state index contributed by atoms with van der Waals surface area (Å²) in [5.41, 5.74) is 2.64. The van der Waals surface area contributed by atoms with Crippen molar-refractivity contribution in [3.05, 3.63) is 29.8 Å². The summed E-state index contributed by atoms with van der Waals surface area (Å²) in [7, 11) is 0. The molecule has 1 fully saturated rings. The van der Waals surface area contributed by atoms with Gasteiger partial charge < -0.3 is 10.6 Å². The third-order valence-corrected chi connectivity index (χ3v) is 3.08. The van der Waals surface area contributed by atoms with Gasteiger partial charge in [-0.05, 0) is 50.9 Å². The molecule has 15 heavy (non-hydrogen) atoms. The van der Waals surface area contributed by atoms with Gasteiger partial charge in [0.2, 0.25) is 0 Å². The molecule has 1 aliphatic heterocycles. The smallest absolute Gasteiger partial charge is 0.0372 e. The summed E-state index contributed by atoms with van der Waals surface area (Å²) >= 11 is 0. The molecule has 0 spiro atoms. The molecule has 1 unspecified atom stereocenters. The Balaban J connectivity index is 1.98. The van der Waals surface area contributed by atoms with E-state index in [4.69, 9.17) is 0 Å². The van der Waals surface area contributed by atoms with E-state index >= 15 is 0 Å². The first-order valence-corrected chi connectivity index (χ1v) is 5.89. The number of para-hydroxylation sites is 1. The van der Waals surface area contributed by atoms with Crippen LogP contribution in [0.2, 0.25) is 0 Å². The average molecular weight is 204 g/mol. The largest absolute Gasteiger partial charge is 0.382 e. The van der Waals surface area contributed by atoms with Crippen molar-refractivity contribution in [1.29, 1.82) is 0 Å². The molecule has 1 atom stereocenters. The van der Waals surface area contributed by atoms with Gasteiger partial charge in [-0.25, -0.2) is 0 Å². The quantitative estimate of drug-likeness (QED) is 0.773. The third-order valence-electron chi connectivity index (χ3n) is 3.08. The predicted molar refractivity (Wildman–Crippen MR) is 65.3 cm³/mol. The number of nitrogens with one attached hydrogen (secondary N) is 2. The molecule has 0 aliphatic carbocycles. The van der Waals surface area contributed by atoms with Crippen LogP contribution in [0.1, 0.15) is 24.8 Å². The monoisotopic (exact) mass is 204 g/mol. The summed E-state index contributed by atoms with van der Waals surface area (Å²) in [4.78, 5) is 0. The number of anilines is 1. The first-order chi connectivity index (χ1) is 7.36. The average Bonchev–Trinajstić information content (AvgIpc) is 2.50. The van der Waals surface area contributed by atoms with E-state index in [0.29, 0.717) is 6.04 Å². The molecule has 1 saturated heterocycles. The molecular formula is C13H20N2. The first-order valence-electron chi connectivity index (χ1n) is 5.89. The summed E-state index contributed by atoms with van der Waals surface area (Å²) in [6, 6.07) is 9.17. The molecule has 0 saturated carbocycles. The topological polar surface area (TPSA) is 24.1 Å². The zero-order valence-electron chi connectivity index (χ0n) is 9.42. The van der Waals surface area contributed by atoms with Crippen LogP contribution in [-0.2, 0) is 0 Å². The number of benzene rings is 1. The van der Waals surface area contributed by atoms with Crippen LogP contribution in [0.4, 0.5) is 5.69 Å². The van der Waals surface area contributed by atoms with Gasteiger partial charge in [0.05, 0.1) is 0 Å². The van der Waals surface area contributed by atoms with Crippen LogP contribution in [0, 0.1) is 6.92 Å². The van der Waals surface area contributed by atoms with E-state index in [1.165, 1.54) is 37.1 Å². The molecule has 1 aliphatic rings. The van der Waals surface area contributed by atoms with Crippen molar-refractivity contribution in [2.24, 2.45) is 0 Å². The third kappa shape index (κ3) is 2.96. The van der Waals surface area contributed by atoms with Crippen LogP contribution in [0.25, 0.3) is 0 Å². The van der Waals surface area contributed by atoms with Crippen LogP contribution >= 0.6 is 0 Å². The maximum Gasteiger partial charge on any atom is 0.0372 e. The lowest BCUT2D eigenvalue weighted by Crippen LogP contribution is -2.21. The molecule has 0 bridgehead atoms. The Bertz CT molecular complexity index is 301. The number of hydrogen-bond donors (Lipinski definition) is 2. The minimum absolute atomic E-state index is 0.640. The molecule has 1 aromatic carbocycles. The highest BCUT2D eigenvalue weighted by atomic mass is 14.9. The minimum Gasteiger partial charge on any atom is -0.382 e. The van der Waals surface area contributed by atoms with E-state index in [1.54, 1.807) is 0 Å². The van der Waals surface area contributed by atoms with Crippen molar-refractivity contribution in [3.63, 3.8) is 0 Å². The molecule has 2 heteroatoms. The van der Waals surface area contributed by atoms with Crippen LogP contribution in [0.15, 0.2) is 24.3 Å². The van der Waals surface area contributed by atoms with Gasteiger partial charge in [-0.15, -0.1) is 0 Å². The summed E-state index contributed by atoms with van der Waals surface area (Å²) in [5.74, 6) is 0. The van der Waals surface area contributed by atoms with Crippen LogP contribution in [0.5, 0.6) is 0 Å². The van der Waals surface area contributed by atoms with Gasteiger partial charge in [-0.3, -0.25) is 0 Å². The minimum atomic E-state index is 0.640. The van der Waals surface area contributed by atoms with Gasteiger partial charge in [0.15, 0.2) is 0 Å². The second-order valence-electron chi connectivity index (χ2n) is 4.34. The van der Waals surface area contributed by atoms with Gasteiger partial charge in [0, 0.05) is 11.7 Å². The molecule has 0 aromatic heterocycles. The number of hydrogen-bond acceptors (Lipinski definition) is 2. The Morgan fingerprint density at radius 1 is 1.20 bits per heavy atom. The lowest BCUT2D eigenvalue weighted by atomic mass is 10.1. The molecule has 82 valence electrons. The molecule has 2 rings (SSSR count). The number of aryl methyl sites for hydroxylation is 1. The maximum atomic E-state index is 3.65. The van der Waals surface area contributed by atoms with E-state index < -0.39 is 0 Å². The Kier molecular flexibility index (Phi) is 3.62. The highest BCUT2D eigenvalue weighted by Gasteiger charge is 2.11. The van der Waals surface area contributed by atoms with E-state index in [0.717, 1.165) is 6.54 Å². The zero-order valence-corrected chi connectivity index (χ0v) is 9.42. The first kappa shape index (κ1) is 10.5. The zero-order chi connectivity index (χ0) is 10.5. The number of rotatable bonds is 2. The highest BCUT2D eigenvalue weighted by Crippen LogP contribution is 2.17. The molecular weight excluding hydrogens is 184 g/mol. The fourth-order valence-electron chi connectivity index (χ4n) is 2.12. The van der Waals surface area contributed by atoms with Crippen molar-refractivity contribution >= 4 is 5.69 Å². The highest BCUT2D eigenvalue weighted by molar-refractivity contribution is 5.50. The molecule has 2 N–H and O–H groups in total. The van der Waals surface area contributed by atoms with E-state index in [1.807, 2.05) is 0 Å². The molecule has 0 radical (unpaired) electrons. The molecule has 1 heterocycles. The van der Waals surface area contributed by atoms with Gasteiger partial charge in [0.25, 0.3) is 0 Å². The van der Waals surface area contributed by atoms with Gasteiger partial charge in [0.1, 0.15) is 0 Å². The molecule has 2 nitrogen and oxygen atoms in total. The Labute approximate surface area is 92.1 Å². The Morgan fingerprint density at radius 2 is 2.07 bits per heavy atom. The van der Waals surface area contributed by atoms with E-state index in [9.17, 15) is 0 Å². The Morgan fingerprint density at radius 3 is 2.93 bits per heavy atom. The normalized spacial score (nSPS) is 22.1. The summed E-state index contributed by atoms with van der Waals surface area (Å²) in [6.45, 7) is 4.48. The lowest BCUT2D eigenvalue weighted by molar-refractivity contribution is 0.637. The second kappa shape index (κ2) is 5.17. The van der Waals surface area contributed by atoms with Crippen molar-refractivity contribution < 1.29 is 0 Å². The second-order valence-corrected chi connectivity index (χ2v) is 4.34. The Hall–Kier alpha value is -1.02. The van der Waals surface area contributed by atoms with Crippen molar-refractivity contribution in [3.8, 4) is 0 Å². The molecule has 1 aromatic rings. The van der Waals surface area contributed by atoms with Gasteiger partial charge in [-0.2, -0.15) is 0 Å².